The fourth-order valence-electron chi connectivity index (χ4n) is 1.79. The number of nitrogens with one attached hydrogen (secondary N) is 1. The van der Waals surface area contributed by atoms with Gasteiger partial charge < -0.3 is 15.8 Å². The highest BCUT2D eigenvalue weighted by atomic mass is 79.9. The number of rotatable bonds is 3. The Morgan fingerprint density at radius 3 is 2.71 bits per heavy atom. The molecule has 1 aliphatic carbocycles. The monoisotopic (exact) mass is 298 g/mol. The van der Waals surface area contributed by atoms with E-state index in [-0.39, 0.29) is 5.91 Å². The third-order valence-corrected chi connectivity index (χ3v) is 3.52. The lowest BCUT2D eigenvalue weighted by Gasteiger charge is -2.36. The number of hydrogen-bond acceptors (Lipinski definition) is 3. The van der Waals surface area contributed by atoms with Gasteiger partial charge in [0.15, 0.2) is 0 Å². The summed E-state index contributed by atoms with van der Waals surface area (Å²) in [6.45, 7) is 0. The minimum Gasteiger partial charge on any atom is -0.497 e. The Hall–Kier alpha value is -1.07. The van der Waals surface area contributed by atoms with Crippen molar-refractivity contribution < 1.29 is 9.53 Å². The molecule has 0 spiro atoms. The van der Waals surface area contributed by atoms with Gasteiger partial charge in [-0.1, -0.05) is 15.9 Å². The minimum atomic E-state index is -0.685. The number of hydrogen-bond donors (Lipinski definition) is 2. The first kappa shape index (κ1) is 12.4. The zero-order valence-corrected chi connectivity index (χ0v) is 11.2. The quantitative estimate of drug-likeness (QED) is 0.900. The van der Waals surface area contributed by atoms with E-state index in [4.69, 9.17) is 10.5 Å². The van der Waals surface area contributed by atoms with Crippen LogP contribution >= 0.6 is 15.9 Å². The first-order valence-electron chi connectivity index (χ1n) is 5.48. The van der Waals surface area contributed by atoms with E-state index in [0.717, 1.165) is 23.7 Å². The zero-order chi connectivity index (χ0) is 12.5. The maximum absolute atomic E-state index is 11.9. The van der Waals surface area contributed by atoms with Crippen LogP contribution in [0.25, 0.3) is 0 Å². The molecule has 0 saturated heterocycles. The average molecular weight is 299 g/mol. The highest BCUT2D eigenvalue weighted by molar-refractivity contribution is 9.10. The molecular formula is C12H15BrN2O2. The van der Waals surface area contributed by atoms with Crippen LogP contribution in [0.15, 0.2) is 22.7 Å². The van der Waals surface area contributed by atoms with Crippen molar-refractivity contribution >= 4 is 27.5 Å². The molecule has 0 unspecified atom stereocenters. The van der Waals surface area contributed by atoms with Crippen molar-refractivity contribution in [3.63, 3.8) is 0 Å². The number of methoxy groups -OCH3 is 1. The van der Waals surface area contributed by atoms with Crippen LogP contribution < -0.4 is 15.8 Å². The molecule has 1 aromatic rings. The summed E-state index contributed by atoms with van der Waals surface area (Å²) in [7, 11) is 1.59. The standard InChI is InChI=1S/C12H15BrN2O2/c1-17-10-6-8(13)5-9(7-10)15-11(16)12(14)3-2-4-12/h5-7H,2-4,14H2,1H3,(H,15,16). The summed E-state index contributed by atoms with van der Waals surface area (Å²) in [4.78, 5) is 11.9. The number of benzene rings is 1. The number of ether oxygens (including phenoxy) is 1. The van der Waals surface area contributed by atoms with E-state index in [1.165, 1.54) is 0 Å². The normalized spacial score (nSPS) is 17.1. The first-order chi connectivity index (χ1) is 8.03. The van der Waals surface area contributed by atoms with Crippen molar-refractivity contribution in [3.8, 4) is 5.75 Å². The molecule has 0 heterocycles. The van der Waals surface area contributed by atoms with Gasteiger partial charge in [-0.05, 0) is 31.4 Å². The fraction of sp³-hybridized carbons (Fsp3) is 0.417. The Morgan fingerprint density at radius 1 is 1.47 bits per heavy atom. The van der Waals surface area contributed by atoms with Crippen molar-refractivity contribution in [2.24, 2.45) is 5.73 Å². The predicted molar refractivity (Wildman–Crippen MR) is 70.1 cm³/mol. The van der Waals surface area contributed by atoms with Crippen molar-refractivity contribution in [2.45, 2.75) is 24.8 Å². The molecule has 1 fully saturated rings. The third-order valence-electron chi connectivity index (χ3n) is 3.06. The fourth-order valence-corrected chi connectivity index (χ4v) is 2.27. The predicted octanol–water partition coefficient (Wildman–Crippen LogP) is 2.28. The van der Waals surface area contributed by atoms with Crippen molar-refractivity contribution in [2.75, 3.05) is 12.4 Å². The topological polar surface area (TPSA) is 64.3 Å². The van der Waals surface area contributed by atoms with Crippen molar-refractivity contribution in [1.29, 1.82) is 0 Å². The summed E-state index contributed by atoms with van der Waals surface area (Å²) in [6.07, 6.45) is 2.53. The van der Waals surface area contributed by atoms with E-state index in [1.807, 2.05) is 12.1 Å². The van der Waals surface area contributed by atoms with Gasteiger partial charge in [-0.2, -0.15) is 0 Å². The molecule has 0 bridgehead atoms. The summed E-state index contributed by atoms with van der Waals surface area (Å²) in [5.41, 5.74) is 5.96. The van der Waals surface area contributed by atoms with E-state index in [0.29, 0.717) is 11.4 Å². The number of anilines is 1. The lowest BCUT2D eigenvalue weighted by Crippen LogP contribution is -2.56. The lowest BCUT2D eigenvalue weighted by atomic mass is 9.77. The maximum Gasteiger partial charge on any atom is 0.244 e. The van der Waals surface area contributed by atoms with Gasteiger partial charge in [-0.25, -0.2) is 0 Å². The summed E-state index contributed by atoms with van der Waals surface area (Å²) >= 11 is 3.36. The molecule has 3 N–H and O–H groups in total. The Balaban J connectivity index is 2.12. The summed E-state index contributed by atoms with van der Waals surface area (Å²) in [5.74, 6) is 0.568. The van der Waals surface area contributed by atoms with Crippen LogP contribution in [0.3, 0.4) is 0 Å². The van der Waals surface area contributed by atoms with Crippen molar-refractivity contribution in [1.82, 2.24) is 0 Å². The summed E-state index contributed by atoms with van der Waals surface area (Å²) < 4.78 is 5.98. The lowest BCUT2D eigenvalue weighted by molar-refractivity contribution is -0.123. The average Bonchev–Trinajstić information content (AvgIpc) is 2.24. The van der Waals surface area contributed by atoms with Gasteiger partial charge in [0, 0.05) is 16.2 Å². The van der Waals surface area contributed by atoms with Crippen LogP contribution in [0.1, 0.15) is 19.3 Å². The maximum atomic E-state index is 11.9. The SMILES string of the molecule is COc1cc(Br)cc(NC(=O)C2(N)CCC2)c1. The van der Waals surface area contributed by atoms with Crippen LogP contribution in [-0.4, -0.2) is 18.6 Å². The van der Waals surface area contributed by atoms with Crippen LogP contribution in [-0.2, 0) is 4.79 Å². The van der Waals surface area contributed by atoms with Gasteiger partial charge in [0.25, 0.3) is 0 Å². The van der Waals surface area contributed by atoms with Gasteiger partial charge >= 0.3 is 0 Å². The second-order valence-electron chi connectivity index (χ2n) is 4.34. The Labute approximate surface area is 109 Å². The third kappa shape index (κ3) is 2.61. The number of carbonyl (C=O) groups is 1. The molecule has 0 atom stereocenters. The summed E-state index contributed by atoms with van der Waals surface area (Å²) in [6, 6.07) is 5.42. The Kier molecular flexibility index (Phi) is 3.40. The largest absolute Gasteiger partial charge is 0.497 e. The first-order valence-corrected chi connectivity index (χ1v) is 6.28. The number of halogens is 1. The molecule has 4 nitrogen and oxygen atoms in total. The molecule has 1 aromatic carbocycles. The van der Waals surface area contributed by atoms with Crippen LogP contribution in [0.5, 0.6) is 5.75 Å². The molecule has 0 radical (unpaired) electrons. The number of nitrogens with two attached hydrogens (primary N) is 1. The molecule has 1 saturated carbocycles. The Bertz CT molecular complexity index is 444. The molecule has 0 aromatic heterocycles. The summed E-state index contributed by atoms with van der Waals surface area (Å²) in [5, 5.41) is 2.83. The number of amides is 1. The second kappa shape index (κ2) is 4.66. The molecule has 2 rings (SSSR count). The highest BCUT2D eigenvalue weighted by Crippen LogP contribution is 2.31. The minimum absolute atomic E-state index is 0.121. The molecule has 0 aliphatic heterocycles. The van der Waals surface area contributed by atoms with Gasteiger partial charge in [0.1, 0.15) is 5.75 Å². The number of carbonyl (C=O) groups excluding carboxylic acids is 1. The van der Waals surface area contributed by atoms with Crippen LogP contribution in [0.4, 0.5) is 5.69 Å². The van der Waals surface area contributed by atoms with Gasteiger partial charge in [-0.3, -0.25) is 4.79 Å². The smallest absolute Gasteiger partial charge is 0.244 e. The van der Waals surface area contributed by atoms with Crippen molar-refractivity contribution in [3.05, 3.63) is 22.7 Å². The second-order valence-corrected chi connectivity index (χ2v) is 5.26. The van der Waals surface area contributed by atoms with E-state index >= 15 is 0 Å². The Morgan fingerprint density at radius 2 is 2.18 bits per heavy atom. The van der Waals surface area contributed by atoms with E-state index in [2.05, 4.69) is 21.2 Å². The van der Waals surface area contributed by atoms with E-state index in [1.54, 1.807) is 13.2 Å². The molecule has 5 heteroatoms. The van der Waals surface area contributed by atoms with Gasteiger partial charge in [-0.15, -0.1) is 0 Å². The van der Waals surface area contributed by atoms with Gasteiger partial charge in [0.2, 0.25) is 5.91 Å². The zero-order valence-electron chi connectivity index (χ0n) is 9.63. The highest BCUT2D eigenvalue weighted by Gasteiger charge is 2.40. The van der Waals surface area contributed by atoms with Gasteiger partial charge in [0.05, 0.1) is 12.6 Å². The van der Waals surface area contributed by atoms with Crippen LogP contribution in [0, 0.1) is 0 Å². The molecule has 1 amide bonds. The molecule has 1 aliphatic rings. The molecular weight excluding hydrogens is 284 g/mol. The molecule has 92 valence electrons. The molecule has 17 heavy (non-hydrogen) atoms. The van der Waals surface area contributed by atoms with Crippen LogP contribution in [0.2, 0.25) is 0 Å². The van der Waals surface area contributed by atoms with E-state index < -0.39 is 5.54 Å². The van der Waals surface area contributed by atoms with E-state index in [9.17, 15) is 4.79 Å².